The van der Waals surface area contributed by atoms with Crippen molar-refractivity contribution in [3.8, 4) is 0 Å². The zero-order valence-corrected chi connectivity index (χ0v) is 12.4. The fourth-order valence-corrected chi connectivity index (χ4v) is 3.99. The Balaban J connectivity index is 2.11. The van der Waals surface area contributed by atoms with Crippen molar-refractivity contribution in [3.05, 3.63) is 11.4 Å². The first-order chi connectivity index (χ1) is 9.26. The van der Waals surface area contributed by atoms with Crippen molar-refractivity contribution >= 4 is 0 Å². The lowest BCUT2D eigenvalue weighted by molar-refractivity contribution is -0.173. The second-order valence-corrected chi connectivity index (χ2v) is 6.86. The van der Waals surface area contributed by atoms with Crippen LogP contribution in [-0.2, 0) is 0 Å². The molecular formula is C15H23F3N2. The molecule has 2 aliphatic heterocycles. The van der Waals surface area contributed by atoms with E-state index in [0.717, 1.165) is 31.6 Å². The first-order valence-corrected chi connectivity index (χ1v) is 7.55. The second kappa shape index (κ2) is 4.31. The third-order valence-electron chi connectivity index (χ3n) is 5.25. The van der Waals surface area contributed by atoms with E-state index in [0.29, 0.717) is 12.1 Å². The number of alkyl halides is 3. The highest BCUT2D eigenvalue weighted by molar-refractivity contribution is 5.34. The van der Waals surface area contributed by atoms with Crippen molar-refractivity contribution in [3.63, 3.8) is 0 Å². The van der Waals surface area contributed by atoms with Gasteiger partial charge in [-0.15, -0.1) is 0 Å². The lowest BCUT2D eigenvalue weighted by Crippen LogP contribution is -2.50. The van der Waals surface area contributed by atoms with Crippen LogP contribution in [0.25, 0.3) is 0 Å². The Bertz CT molecular complexity index is 435. The molecule has 1 fully saturated rings. The van der Waals surface area contributed by atoms with E-state index in [9.17, 15) is 13.2 Å². The van der Waals surface area contributed by atoms with Crippen LogP contribution in [0.3, 0.4) is 0 Å². The highest BCUT2D eigenvalue weighted by atomic mass is 19.4. The van der Waals surface area contributed by atoms with Crippen molar-refractivity contribution in [2.24, 2.45) is 11.3 Å². The first-order valence-electron chi connectivity index (χ1n) is 7.55. The normalized spacial score (nSPS) is 29.2. The average Bonchev–Trinajstić information content (AvgIpc) is 3.09. The van der Waals surface area contributed by atoms with E-state index >= 15 is 0 Å². The van der Waals surface area contributed by atoms with Gasteiger partial charge in [0.25, 0.3) is 0 Å². The summed E-state index contributed by atoms with van der Waals surface area (Å²) in [5.74, 6) is -0.338. The summed E-state index contributed by atoms with van der Waals surface area (Å²) in [6, 6.07) is 0.255. The van der Waals surface area contributed by atoms with E-state index in [2.05, 4.69) is 23.6 Å². The van der Waals surface area contributed by atoms with Crippen molar-refractivity contribution in [1.29, 1.82) is 0 Å². The van der Waals surface area contributed by atoms with Gasteiger partial charge in [0.05, 0.1) is 5.92 Å². The quantitative estimate of drug-likeness (QED) is 0.727. The summed E-state index contributed by atoms with van der Waals surface area (Å²) < 4.78 is 40.4. The van der Waals surface area contributed by atoms with Crippen molar-refractivity contribution in [1.82, 2.24) is 9.80 Å². The SMILES string of the molecule is CC(C)N1CCC2(CC2)C2=C1N(C)CCC2C(F)(F)F. The van der Waals surface area contributed by atoms with Gasteiger partial charge in [0, 0.05) is 26.2 Å². The molecule has 1 saturated carbocycles. The fourth-order valence-electron chi connectivity index (χ4n) is 3.99. The summed E-state index contributed by atoms with van der Waals surface area (Å²) in [6.07, 6.45) is -1.11. The molecule has 1 aliphatic carbocycles. The smallest absolute Gasteiger partial charge is 0.361 e. The van der Waals surface area contributed by atoms with E-state index < -0.39 is 12.1 Å². The van der Waals surface area contributed by atoms with Crippen LogP contribution in [0.15, 0.2) is 11.4 Å². The summed E-state index contributed by atoms with van der Waals surface area (Å²) in [7, 11) is 1.94. The van der Waals surface area contributed by atoms with E-state index in [1.54, 1.807) is 0 Å². The zero-order chi connectivity index (χ0) is 14.7. The Labute approximate surface area is 118 Å². The Morgan fingerprint density at radius 3 is 2.30 bits per heavy atom. The number of hydrogen-bond acceptors (Lipinski definition) is 2. The molecule has 0 aromatic rings. The van der Waals surface area contributed by atoms with Gasteiger partial charge in [0.15, 0.2) is 0 Å². The van der Waals surface area contributed by atoms with Crippen molar-refractivity contribution in [2.75, 3.05) is 20.1 Å². The number of nitrogens with zero attached hydrogens (tertiary/aromatic N) is 2. The molecule has 0 aromatic carbocycles. The minimum absolute atomic E-state index is 0.129. The third kappa shape index (κ3) is 2.01. The molecule has 3 aliphatic rings. The molecule has 2 heterocycles. The molecule has 0 N–H and O–H groups in total. The van der Waals surface area contributed by atoms with Crippen LogP contribution >= 0.6 is 0 Å². The van der Waals surface area contributed by atoms with Gasteiger partial charge in [-0.25, -0.2) is 0 Å². The highest BCUT2D eigenvalue weighted by Crippen LogP contribution is 2.63. The van der Waals surface area contributed by atoms with Gasteiger partial charge < -0.3 is 9.80 Å². The number of halogens is 3. The predicted octanol–water partition coefficient (Wildman–Crippen LogP) is 3.61. The van der Waals surface area contributed by atoms with E-state index in [4.69, 9.17) is 0 Å². The molecule has 1 spiro atoms. The van der Waals surface area contributed by atoms with Crippen LogP contribution in [-0.4, -0.2) is 42.2 Å². The maximum absolute atomic E-state index is 13.5. The molecule has 3 rings (SSSR count). The number of hydrogen-bond donors (Lipinski definition) is 0. The summed E-state index contributed by atoms with van der Waals surface area (Å²) >= 11 is 0. The minimum Gasteiger partial charge on any atom is -0.361 e. The maximum Gasteiger partial charge on any atom is 0.395 e. The molecule has 2 nitrogen and oxygen atoms in total. The van der Waals surface area contributed by atoms with Crippen LogP contribution in [0.2, 0.25) is 0 Å². The van der Waals surface area contributed by atoms with Gasteiger partial charge in [-0.1, -0.05) is 0 Å². The predicted molar refractivity (Wildman–Crippen MR) is 71.9 cm³/mol. The van der Waals surface area contributed by atoms with Crippen LogP contribution < -0.4 is 0 Å². The number of allylic oxidation sites excluding steroid dienone is 1. The number of rotatable bonds is 1. The molecule has 20 heavy (non-hydrogen) atoms. The largest absolute Gasteiger partial charge is 0.395 e. The molecule has 0 amide bonds. The monoisotopic (exact) mass is 288 g/mol. The van der Waals surface area contributed by atoms with E-state index in [1.807, 2.05) is 7.05 Å². The standard InChI is InChI=1S/C15H23F3N2/c1-10(2)20-9-7-14(5-6-14)12-11(15(16,17)18)4-8-19(3)13(12)20/h10-11H,4-9H2,1-3H3. The molecule has 1 unspecified atom stereocenters. The van der Waals surface area contributed by atoms with Crippen LogP contribution in [0.4, 0.5) is 13.2 Å². The Hall–Kier alpha value is -0.870. The lowest BCUT2D eigenvalue weighted by atomic mass is 9.76. The summed E-state index contributed by atoms with van der Waals surface area (Å²) in [4.78, 5) is 4.23. The van der Waals surface area contributed by atoms with Gasteiger partial charge in [-0.2, -0.15) is 13.2 Å². The van der Waals surface area contributed by atoms with Gasteiger partial charge in [-0.3, -0.25) is 0 Å². The summed E-state index contributed by atoms with van der Waals surface area (Å²) in [5, 5.41) is 0. The Morgan fingerprint density at radius 1 is 1.15 bits per heavy atom. The summed E-state index contributed by atoms with van der Waals surface area (Å²) in [6.45, 7) is 5.54. The van der Waals surface area contributed by atoms with Gasteiger partial charge >= 0.3 is 6.18 Å². The van der Waals surface area contributed by atoms with E-state index in [-0.39, 0.29) is 17.9 Å². The molecule has 114 valence electrons. The van der Waals surface area contributed by atoms with Gasteiger partial charge in [0.1, 0.15) is 5.82 Å². The summed E-state index contributed by atoms with van der Waals surface area (Å²) in [5.41, 5.74) is 0.578. The molecular weight excluding hydrogens is 265 g/mol. The zero-order valence-electron chi connectivity index (χ0n) is 12.4. The molecule has 1 atom stereocenters. The van der Waals surface area contributed by atoms with Gasteiger partial charge in [-0.05, 0) is 50.5 Å². The van der Waals surface area contributed by atoms with Crippen LogP contribution in [0.5, 0.6) is 0 Å². The average molecular weight is 288 g/mol. The highest BCUT2D eigenvalue weighted by Gasteiger charge is 2.59. The molecule has 0 bridgehead atoms. The van der Waals surface area contributed by atoms with Crippen molar-refractivity contribution < 1.29 is 13.2 Å². The molecule has 5 heteroatoms. The van der Waals surface area contributed by atoms with Crippen molar-refractivity contribution in [2.45, 2.75) is 51.7 Å². The minimum atomic E-state index is -4.10. The van der Waals surface area contributed by atoms with Crippen LogP contribution in [0, 0.1) is 11.3 Å². The third-order valence-corrected chi connectivity index (χ3v) is 5.25. The molecule has 0 saturated heterocycles. The van der Waals surface area contributed by atoms with Gasteiger partial charge in [0.2, 0.25) is 0 Å². The lowest BCUT2D eigenvalue weighted by Gasteiger charge is -2.49. The fraction of sp³-hybridized carbons (Fsp3) is 0.867. The number of fused-ring (bicyclic) bond motifs is 1. The Kier molecular flexibility index (Phi) is 3.04. The second-order valence-electron chi connectivity index (χ2n) is 6.86. The molecule has 0 radical (unpaired) electrons. The maximum atomic E-state index is 13.5. The first kappa shape index (κ1) is 14.1. The van der Waals surface area contributed by atoms with E-state index in [1.165, 1.54) is 0 Å². The topological polar surface area (TPSA) is 6.48 Å². The van der Waals surface area contributed by atoms with Crippen LogP contribution in [0.1, 0.15) is 39.5 Å². The molecule has 0 aromatic heterocycles. The Morgan fingerprint density at radius 2 is 1.80 bits per heavy atom.